The van der Waals surface area contributed by atoms with Crippen LogP contribution in [0.2, 0.25) is 0 Å². The highest BCUT2D eigenvalue weighted by atomic mass is 79.9. The molecule has 154 valence electrons. The molecular formula is C17H22BrN3O5S2. The monoisotopic (exact) mass is 491 g/mol. The van der Waals surface area contributed by atoms with Gasteiger partial charge in [0.2, 0.25) is 11.8 Å². The van der Waals surface area contributed by atoms with Crippen molar-refractivity contribution >= 4 is 59.1 Å². The molecule has 2 N–H and O–H groups in total. The number of hydrogen-bond donors (Lipinski definition) is 2. The lowest BCUT2D eigenvalue weighted by Crippen LogP contribution is -2.41. The van der Waals surface area contributed by atoms with Crippen molar-refractivity contribution < 1.29 is 22.7 Å². The number of thiazole rings is 1. The Balaban J connectivity index is 2.04. The second kappa shape index (κ2) is 9.77. The van der Waals surface area contributed by atoms with Crippen molar-refractivity contribution in [2.24, 2.45) is 0 Å². The number of hydrogen-bond acceptors (Lipinski definition) is 7. The van der Waals surface area contributed by atoms with Gasteiger partial charge in [-0.3, -0.25) is 9.59 Å². The third kappa shape index (κ3) is 6.50. The van der Waals surface area contributed by atoms with E-state index in [1.807, 2.05) is 13.8 Å². The number of benzene rings is 1. The molecule has 28 heavy (non-hydrogen) atoms. The first-order chi connectivity index (χ1) is 13.1. The van der Waals surface area contributed by atoms with Gasteiger partial charge in [0.25, 0.3) is 0 Å². The van der Waals surface area contributed by atoms with Crippen LogP contribution in [0.15, 0.2) is 22.7 Å². The molecule has 0 spiro atoms. The van der Waals surface area contributed by atoms with E-state index in [-0.39, 0.29) is 17.7 Å². The highest BCUT2D eigenvalue weighted by Gasteiger charge is 2.34. The minimum absolute atomic E-state index is 0.0570. The van der Waals surface area contributed by atoms with Crippen LogP contribution in [0.3, 0.4) is 0 Å². The van der Waals surface area contributed by atoms with E-state index >= 15 is 0 Å². The van der Waals surface area contributed by atoms with Gasteiger partial charge in [0.05, 0.1) is 29.5 Å². The highest BCUT2D eigenvalue weighted by Crippen LogP contribution is 2.32. The minimum atomic E-state index is -3.78. The largest absolute Gasteiger partial charge is 0.377 e. The zero-order chi connectivity index (χ0) is 20.9. The second-order valence-corrected chi connectivity index (χ2v) is 10.5. The fourth-order valence-corrected chi connectivity index (χ4v) is 5.39. The second-order valence-electron chi connectivity index (χ2n) is 6.36. The van der Waals surface area contributed by atoms with Gasteiger partial charge in [-0.25, -0.2) is 13.4 Å². The van der Waals surface area contributed by atoms with Gasteiger partial charge in [-0.15, -0.1) is 11.3 Å². The van der Waals surface area contributed by atoms with Crippen LogP contribution in [-0.2, 0) is 24.2 Å². The first kappa shape index (κ1) is 22.7. The van der Waals surface area contributed by atoms with Crippen molar-refractivity contribution in [3.63, 3.8) is 0 Å². The van der Waals surface area contributed by atoms with Crippen LogP contribution in [0, 0.1) is 0 Å². The quantitative estimate of drug-likeness (QED) is 0.516. The molecule has 2 amide bonds. The van der Waals surface area contributed by atoms with Gasteiger partial charge in [-0.1, -0.05) is 15.9 Å². The van der Waals surface area contributed by atoms with Crippen molar-refractivity contribution in [1.82, 2.24) is 15.6 Å². The summed E-state index contributed by atoms with van der Waals surface area (Å²) in [6.45, 7) is 4.09. The number of nitrogens with zero attached hydrogens (tertiary/aromatic N) is 1. The summed E-state index contributed by atoms with van der Waals surface area (Å²) in [5.74, 6) is -1.21. The molecule has 1 aromatic carbocycles. The summed E-state index contributed by atoms with van der Waals surface area (Å²) in [4.78, 5) is 28.6. The zero-order valence-electron chi connectivity index (χ0n) is 15.7. The molecular weight excluding hydrogens is 470 g/mol. The molecule has 0 fully saturated rings. The predicted molar refractivity (Wildman–Crippen MR) is 112 cm³/mol. The molecule has 0 bridgehead atoms. The molecule has 0 aliphatic carbocycles. The lowest BCUT2D eigenvalue weighted by atomic mass is 10.3. The van der Waals surface area contributed by atoms with E-state index in [9.17, 15) is 18.0 Å². The van der Waals surface area contributed by atoms with Gasteiger partial charge >= 0.3 is 0 Å². The molecule has 0 saturated carbocycles. The zero-order valence-corrected chi connectivity index (χ0v) is 18.9. The average Bonchev–Trinajstić information content (AvgIpc) is 2.97. The molecule has 0 saturated heterocycles. The molecule has 1 atom stereocenters. The summed E-state index contributed by atoms with van der Waals surface area (Å²) in [6, 6.07) is 5.33. The standard InChI is InChI=1S/C17H22BrN3O5S2/c1-10(2)26-7-6-19-14(22)9-20-16(23)15(28(3,24)25)17-21-12-5-4-11(18)8-13(12)27-17/h4-5,8,10,15H,6-7,9H2,1-3H3,(H,19,22)(H,20,23). The first-order valence-corrected chi connectivity index (χ1v) is 12.0. The first-order valence-electron chi connectivity index (χ1n) is 8.49. The average molecular weight is 492 g/mol. The molecule has 0 aliphatic heterocycles. The molecule has 0 radical (unpaired) electrons. The van der Waals surface area contributed by atoms with Crippen LogP contribution < -0.4 is 10.6 Å². The number of nitrogens with one attached hydrogen (secondary N) is 2. The molecule has 1 heterocycles. The molecule has 2 aromatic rings. The summed E-state index contributed by atoms with van der Waals surface area (Å²) in [5.41, 5.74) is 0.604. The number of amides is 2. The van der Waals surface area contributed by atoms with Gasteiger partial charge in [0.1, 0.15) is 5.01 Å². The summed E-state index contributed by atoms with van der Waals surface area (Å²) < 4.78 is 31.3. The lowest BCUT2D eigenvalue weighted by Gasteiger charge is -2.13. The molecule has 2 rings (SSSR count). The van der Waals surface area contributed by atoms with E-state index in [0.717, 1.165) is 26.8 Å². The SMILES string of the molecule is CC(C)OCCNC(=O)CNC(=O)C(c1nc2ccc(Br)cc2s1)S(C)(=O)=O. The Hall–Kier alpha value is -1.56. The number of fused-ring (bicyclic) bond motifs is 1. The van der Waals surface area contributed by atoms with Crippen LogP contribution in [0.5, 0.6) is 0 Å². The van der Waals surface area contributed by atoms with Crippen LogP contribution in [-0.4, -0.2) is 57.3 Å². The van der Waals surface area contributed by atoms with Crippen molar-refractivity contribution in [2.75, 3.05) is 26.0 Å². The van der Waals surface area contributed by atoms with Crippen LogP contribution in [0.4, 0.5) is 0 Å². The number of ether oxygens (including phenoxy) is 1. The Morgan fingerprint density at radius 2 is 2.00 bits per heavy atom. The summed E-state index contributed by atoms with van der Waals surface area (Å²) in [5, 5.41) is 3.67. The van der Waals surface area contributed by atoms with Crippen molar-refractivity contribution in [3.05, 3.63) is 27.7 Å². The topological polar surface area (TPSA) is 114 Å². The van der Waals surface area contributed by atoms with Crippen LogP contribution >= 0.6 is 27.3 Å². The summed E-state index contributed by atoms with van der Waals surface area (Å²) >= 11 is 4.48. The fourth-order valence-electron chi connectivity index (χ4n) is 2.33. The molecule has 8 nitrogen and oxygen atoms in total. The number of halogens is 1. The number of carbonyl (C=O) groups excluding carboxylic acids is 2. The van der Waals surface area contributed by atoms with Gasteiger partial charge in [0.15, 0.2) is 15.1 Å². The Morgan fingerprint density at radius 1 is 1.29 bits per heavy atom. The lowest BCUT2D eigenvalue weighted by molar-refractivity contribution is -0.126. The normalized spacial score (nSPS) is 12.9. The third-order valence-electron chi connectivity index (χ3n) is 3.56. The smallest absolute Gasteiger partial charge is 0.245 e. The maximum absolute atomic E-state index is 12.5. The van der Waals surface area contributed by atoms with Crippen molar-refractivity contribution in [2.45, 2.75) is 25.2 Å². The minimum Gasteiger partial charge on any atom is -0.377 e. The number of rotatable bonds is 9. The van der Waals surface area contributed by atoms with Gasteiger partial charge in [-0.2, -0.15) is 0 Å². The van der Waals surface area contributed by atoms with Gasteiger partial charge in [0, 0.05) is 17.3 Å². The van der Waals surface area contributed by atoms with Crippen molar-refractivity contribution in [1.29, 1.82) is 0 Å². The maximum Gasteiger partial charge on any atom is 0.245 e. The Morgan fingerprint density at radius 3 is 2.64 bits per heavy atom. The van der Waals surface area contributed by atoms with Gasteiger partial charge < -0.3 is 15.4 Å². The maximum atomic E-state index is 12.5. The number of sulfone groups is 1. The van der Waals surface area contributed by atoms with Crippen LogP contribution in [0.25, 0.3) is 10.2 Å². The highest BCUT2D eigenvalue weighted by molar-refractivity contribution is 9.10. The molecule has 11 heteroatoms. The van der Waals surface area contributed by atoms with E-state index in [2.05, 4.69) is 31.5 Å². The van der Waals surface area contributed by atoms with E-state index < -0.39 is 26.9 Å². The van der Waals surface area contributed by atoms with E-state index in [1.54, 1.807) is 18.2 Å². The van der Waals surface area contributed by atoms with Crippen molar-refractivity contribution in [3.8, 4) is 0 Å². The Bertz CT molecular complexity index is 959. The molecule has 1 aromatic heterocycles. The van der Waals surface area contributed by atoms with E-state index in [4.69, 9.17) is 4.74 Å². The number of carbonyl (C=O) groups is 2. The van der Waals surface area contributed by atoms with Gasteiger partial charge in [-0.05, 0) is 32.0 Å². The van der Waals surface area contributed by atoms with E-state index in [0.29, 0.717) is 18.7 Å². The number of aromatic nitrogens is 1. The molecule has 1 unspecified atom stereocenters. The fraction of sp³-hybridized carbons (Fsp3) is 0.471. The Labute approximate surface area is 176 Å². The van der Waals surface area contributed by atoms with E-state index in [1.165, 1.54) is 0 Å². The third-order valence-corrected chi connectivity index (χ3v) is 6.58. The molecule has 0 aliphatic rings. The predicted octanol–water partition coefficient (Wildman–Crippen LogP) is 1.80. The summed E-state index contributed by atoms with van der Waals surface area (Å²) in [6.07, 6.45) is 1.03. The summed E-state index contributed by atoms with van der Waals surface area (Å²) in [7, 11) is -3.78. The Kier molecular flexibility index (Phi) is 7.93. The van der Waals surface area contributed by atoms with Crippen LogP contribution in [0.1, 0.15) is 24.1 Å².